The molecule has 1 aromatic heterocycles. The fraction of sp³-hybridized carbons (Fsp3) is 0.467. The molecule has 5 nitrogen and oxygen atoms in total. The Hall–Kier alpha value is -2.04. The first kappa shape index (κ1) is 14.4. The maximum absolute atomic E-state index is 12.0. The summed E-state index contributed by atoms with van der Waals surface area (Å²) in [6.45, 7) is 6.16. The Labute approximate surface area is 118 Å². The summed E-state index contributed by atoms with van der Waals surface area (Å²) in [6.07, 6.45) is 5.26. The summed E-state index contributed by atoms with van der Waals surface area (Å²) in [5.74, 6) is -0.358. The molecule has 1 aromatic rings. The van der Waals surface area contributed by atoms with Crippen molar-refractivity contribution in [3.05, 3.63) is 28.9 Å². The molecule has 20 heavy (non-hydrogen) atoms. The van der Waals surface area contributed by atoms with Crippen LogP contribution in [0.2, 0.25) is 0 Å². The zero-order valence-electron chi connectivity index (χ0n) is 12.1. The first-order valence-electron chi connectivity index (χ1n) is 6.83. The maximum Gasteiger partial charge on any atom is 0.253 e. The molecule has 0 bridgehead atoms. The van der Waals surface area contributed by atoms with Gasteiger partial charge in [-0.3, -0.25) is 19.5 Å². The molecule has 2 amide bonds. The number of imide groups is 1. The summed E-state index contributed by atoms with van der Waals surface area (Å²) in [6, 6.07) is 0. The van der Waals surface area contributed by atoms with Gasteiger partial charge in [-0.2, -0.15) is 0 Å². The normalized spacial score (nSPS) is 15.9. The quantitative estimate of drug-likeness (QED) is 0.773. The average molecular weight is 273 g/mol. The van der Waals surface area contributed by atoms with Crippen LogP contribution in [0, 0.1) is 20.8 Å². The van der Waals surface area contributed by atoms with Gasteiger partial charge >= 0.3 is 0 Å². The summed E-state index contributed by atoms with van der Waals surface area (Å²) < 4.78 is 0. The number of aromatic nitrogens is 2. The molecule has 2 rings (SSSR count). The van der Waals surface area contributed by atoms with Crippen molar-refractivity contribution in [3.63, 3.8) is 0 Å². The molecule has 1 saturated heterocycles. The minimum atomic E-state index is -0.269. The van der Waals surface area contributed by atoms with Crippen LogP contribution < -0.4 is 0 Å². The molecule has 0 aromatic carbocycles. The van der Waals surface area contributed by atoms with Crippen LogP contribution in [0.4, 0.5) is 0 Å². The third-order valence-corrected chi connectivity index (χ3v) is 3.49. The Morgan fingerprint density at radius 2 is 1.80 bits per heavy atom. The van der Waals surface area contributed by atoms with E-state index in [-0.39, 0.29) is 11.8 Å². The number of piperidine rings is 1. The summed E-state index contributed by atoms with van der Waals surface area (Å²) in [5.41, 5.74) is 3.18. The minimum Gasteiger partial charge on any atom is -0.279 e. The Kier molecular flexibility index (Phi) is 4.27. The first-order chi connectivity index (χ1) is 9.49. The first-order valence-corrected chi connectivity index (χ1v) is 6.83. The van der Waals surface area contributed by atoms with Gasteiger partial charge in [0.25, 0.3) is 5.91 Å². The lowest BCUT2D eigenvalue weighted by Crippen LogP contribution is -2.39. The van der Waals surface area contributed by atoms with Crippen molar-refractivity contribution in [2.45, 2.75) is 40.0 Å². The second kappa shape index (κ2) is 5.94. The molecule has 0 aliphatic carbocycles. The molecule has 1 aliphatic rings. The monoisotopic (exact) mass is 273 g/mol. The van der Waals surface area contributed by atoms with Crippen LogP contribution in [0.15, 0.2) is 6.08 Å². The van der Waals surface area contributed by atoms with E-state index in [0.29, 0.717) is 18.7 Å². The van der Waals surface area contributed by atoms with Crippen molar-refractivity contribution in [1.82, 2.24) is 14.9 Å². The molecule has 0 N–H and O–H groups in total. The van der Waals surface area contributed by atoms with Gasteiger partial charge in [-0.25, -0.2) is 4.98 Å². The molecule has 0 atom stereocenters. The number of carbonyl (C=O) groups is 2. The van der Waals surface area contributed by atoms with E-state index >= 15 is 0 Å². The maximum atomic E-state index is 12.0. The fourth-order valence-electron chi connectivity index (χ4n) is 2.17. The van der Waals surface area contributed by atoms with Crippen molar-refractivity contribution in [2.24, 2.45) is 0 Å². The number of amides is 2. The van der Waals surface area contributed by atoms with Crippen LogP contribution in [-0.4, -0.2) is 33.2 Å². The highest BCUT2D eigenvalue weighted by molar-refractivity contribution is 6.03. The van der Waals surface area contributed by atoms with Crippen LogP contribution in [0.5, 0.6) is 0 Å². The van der Waals surface area contributed by atoms with Crippen LogP contribution in [-0.2, 0) is 9.59 Å². The third kappa shape index (κ3) is 3.10. The summed E-state index contributed by atoms with van der Waals surface area (Å²) >= 11 is 0. The van der Waals surface area contributed by atoms with Crippen molar-refractivity contribution < 1.29 is 9.59 Å². The lowest BCUT2D eigenvalue weighted by molar-refractivity contribution is -0.143. The Morgan fingerprint density at radius 3 is 2.50 bits per heavy atom. The summed E-state index contributed by atoms with van der Waals surface area (Å²) in [7, 11) is 0. The van der Waals surface area contributed by atoms with Gasteiger partial charge in [-0.15, -0.1) is 0 Å². The molecule has 0 saturated carbocycles. The summed E-state index contributed by atoms with van der Waals surface area (Å²) in [5, 5.41) is 0. The number of hydrogen-bond donors (Lipinski definition) is 0. The fourth-order valence-corrected chi connectivity index (χ4v) is 2.17. The second-order valence-corrected chi connectivity index (χ2v) is 5.04. The zero-order chi connectivity index (χ0) is 14.7. The standard InChI is InChI=1S/C15H19N3O2/c1-10-11(2)17-13(12(3)16-10)7-8-15(20)18-9-5-4-6-14(18)19/h7-8H,4-6,9H2,1-3H3/b8-7+. The molecule has 2 heterocycles. The second-order valence-electron chi connectivity index (χ2n) is 5.04. The van der Waals surface area contributed by atoms with Gasteiger partial charge in [0.05, 0.1) is 22.8 Å². The van der Waals surface area contributed by atoms with Crippen molar-refractivity contribution in [2.75, 3.05) is 6.54 Å². The van der Waals surface area contributed by atoms with E-state index in [1.165, 1.54) is 11.0 Å². The van der Waals surface area contributed by atoms with E-state index in [4.69, 9.17) is 0 Å². The molecule has 0 radical (unpaired) electrons. The number of aryl methyl sites for hydroxylation is 3. The van der Waals surface area contributed by atoms with Gasteiger partial charge in [-0.05, 0) is 39.7 Å². The molecule has 1 aliphatic heterocycles. The van der Waals surface area contributed by atoms with E-state index in [9.17, 15) is 9.59 Å². The van der Waals surface area contributed by atoms with Crippen LogP contribution in [0.25, 0.3) is 6.08 Å². The smallest absolute Gasteiger partial charge is 0.253 e. The van der Waals surface area contributed by atoms with Crippen molar-refractivity contribution >= 4 is 17.9 Å². The third-order valence-electron chi connectivity index (χ3n) is 3.49. The highest BCUT2D eigenvalue weighted by atomic mass is 16.2. The SMILES string of the molecule is Cc1nc(C)c(/C=C/C(=O)N2CCCCC2=O)nc1C. The number of rotatable bonds is 2. The highest BCUT2D eigenvalue weighted by Crippen LogP contribution is 2.12. The molecular formula is C15H19N3O2. The molecule has 106 valence electrons. The number of hydrogen-bond acceptors (Lipinski definition) is 4. The van der Waals surface area contributed by atoms with Crippen molar-refractivity contribution in [3.8, 4) is 0 Å². The van der Waals surface area contributed by atoms with Gasteiger partial charge in [0.15, 0.2) is 0 Å². The van der Waals surface area contributed by atoms with E-state index in [1.54, 1.807) is 6.08 Å². The van der Waals surface area contributed by atoms with Crippen molar-refractivity contribution in [1.29, 1.82) is 0 Å². The predicted molar refractivity (Wildman–Crippen MR) is 75.8 cm³/mol. The largest absolute Gasteiger partial charge is 0.279 e. The number of carbonyl (C=O) groups excluding carboxylic acids is 2. The highest BCUT2D eigenvalue weighted by Gasteiger charge is 2.22. The average Bonchev–Trinajstić information content (AvgIpc) is 2.41. The van der Waals surface area contributed by atoms with E-state index in [1.807, 2.05) is 20.8 Å². The van der Waals surface area contributed by atoms with Crippen LogP contribution >= 0.6 is 0 Å². The Balaban J connectivity index is 2.14. The Bertz CT molecular complexity index is 579. The van der Waals surface area contributed by atoms with Gasteiger partial charge in [0.1, 0.15) is 0 Å². The predicted octanol–water partition coefficient (Wildman–Crippen LogP) is 1.95. The minimum absolute atomic E-state index is 0.0891. The van der Waals surface area contributed by atoms with Gasteiger partial charge in [0.2, 0.25) is 5.91 Å². The topological polar surface area (TPSA) is 63.2 Å². The van der Waals surface area contributed by atoms with Gasteiger partial charge in [-0.1, -0.05) is 0 Å². The molecule has 1 fully saturated rings. The lowest BCUT2D eigenvalue weighted by atomic mass is 10.1. The van der Waals surface area contributed by atoms with Crippen LogP contribution in [0.1, 0.15) is 42.0 Å². The number of likely N-dealkylation sites (tertiary alicyclic amines) is 1. The molecular weight excluding hydrogens is 254 g/mol. The van der Waals surface area contributed by atoms with Crippen LogP contribution in [0.3, 0.4) is 0 Å². The molecule has 0 spiro atoms. The Morgan fingerprint density at radius 1 is 1.10 bits per heavy atom. The molecule has 0 unspecified atom stereocenters. The number of nitrogens with zero attached hydrogens (tertiary/aromatic N) is 3. The van der Waals surface area contributed by atoms with E-state index < -0.39 is 0 Å². The molecule has 5 heteroatoms. The van der Waals surface area contributed by atoms with Gasteiger partial charge < -0.3 is 0 Å². The zero-order valence-corrected chi connectivity index (χ0v) is 12.1. The van der Waals surface area contributed by atoms with Gasteiger partial charge in [0, 0.05) is 19.0 Å². The summed E-state index contributed by atoms with van der Waals surface area (Å²) in [4.78, 5) is 33.8. The van der Waals surface area contributed by atoms with E-state index in [0.717, 1.165) is 29.9 Å². The van der Waals surface area contributed by atoms with E-state index in [2.05, 4.69) is 9.97 Å². The lowest BCUT2D eigenvalue weighted by Gasteiger charge is -2.23.